The smallest absolute Gasteiger partial charge is 0.294 e. The molecular weight excluding hydrogens is 579 g/mol. The molecule has 3 aromatic carbocycles. The molecule has 1 N–H and O–H groups in total. The summed E-state index contributed by atoms with van der Waals surface area (Å²) < 4.78 is 30.8. The van der Waals surface area contributed by atoms with Crippen LogP contribution in [0.3, 0.4) is 0 Å². The fourth-order valence-electron chi connectivity index (χ4n) is 3.75. The van der Waals surface area contributed by atoms with Crippen molar-refractivity contribution in [2.45, 2.75) is 6.61 Å². The lowest BCUT2D eigenvalue weighted by Gasteiger charge is -2.19. The highest BCUT2D eigenvalue weighted by Gasteiger charge is 2.36. The molecule has 8 nitrogen and oxygen atoms in total. The summed E-state index contributed by atoms with van der Waals surface area (Å²) in [5.74, 6) is 0.112. The summed E-state index contributed by atoms with van der Waals surface area (Å²) in [5, 5.41) is 2.12. The molecule has 3 aromatic rings. The Hall–Kier alpha value is -3.83. The van der Waals surface area contributed by atoms with Crippen molar-refractivity contribution in [1.29, 1.82) is 0 Å². The minimum absolute atomic E-state index is 0.159. The molecule has 194 valence electrons. The molecule has 0 radical (unpaired) electrons. The van der Waals surface area contributed by atoms with Crippen molar-refractivity contribution in [3.63, 3.8) is 0 Å². The second kappa shape index (κ2) is 11.3. The molecule has 0 aliphatic carbocycles. The van der Waals surface area contributed by atoms with Gasteiger partial charge in [-0.3, -0.25) is 19.3 Å². The van der Waals surface area contributed by atoms with Crippen LogP contribution < -0.4 is 19.5 Å². The van der Waals surface area contributed by atoms with Gasteiger partial charge < -0.3 is 19.5 Å². The number of ether oxygens (including phenoxy) is 3. The lowest BCUT2D eigenvalue weighted by Crippen LogP contribution is -2.36. The molecular formula is C27H20BrFN2O6S. The molecule has 1 fully saturated rings. The van der Waals surface area contributed by atoms with Crippen molar-refractivity contribution < 1.29 is 33.0 Å². The predicted octanol–water partition coefficient (Wildman–Crippen LogP) is 5.61. The monoisotopic (exact) mass is 598 g/mol. The normalized spacial score (nSPS) is 15.6. The van der Waals surface area contributed by atoms with E-state index < -0.39 is 23.6 Å². The number of carbonyl (C=O) groups is 3. The molecule has 0 aromatic heterocycles. The summed E-state index contributed by atoms with van der Waals surface area (Å²) in [6.07, 6.45) is 1.55. The van der Waals surface area contributed by atoms with Crippen LogP contribution in [-0.4, -0.2) is 41.7 Å². The van der Waals surface area contributed by atoms with Gasteiger partial charge in [0, 0.05) is 21.8 Å². The van der Waals surface area contributed by atoms with Crippen molar-refractivity contribution in [3.05, 3.63) is 87.0 Å². The fraction of sp³-hybridized carbons (Fsp3) is 0.148. The molecule has 38 heavy (non-hydrogen) atoms. The van der Waals surface area contributed by atoms with Gasteiger partial charge in [0.1, 0.15) is 37.9 Å². The number of rotatable bonds is 7. The summed E-state index contributed by atoms with van der Waals surface area (Å²) in [6, 6.07) is 16.2. The van der Waals surface area contributed by atoms with Crippen molar-refractivity contribution >= 4 is 56.5 Å². The zero-order chi connectivity index (χ0) is 26.6. The molecule has 2 heterocycles. The average molecular weight is 599 g/mol. The number of fused-ring (bicyclic) bond motifs is 1. The third-order valence-electron chi connectivity index (χ3n) is 5.57. The second-order valence-corrected chi connectivity index (χ2v) is 10.2. The van der Waals surface area contributed by atoms with Crippen LogP contribution >= 0.6 is 27.7 Å². The van der Waals surface area contributed by atoms with Crippen LogP contribution in [0.5, 0.6) is 17.2 Å². The van der Waals surface area contributed by atoms with Gasteiger partial charge >= 0.3 is 0 Å². The van der Waals surface area contributed by atoms with Gasteiger partial charge in [-0.25, -0.2) is 4.39 Å². The standard InChI is InChI=1S/C27H20BrFN2O6S/c28-18-3-7-21(37-15-16-1-4-19(29)5-2-16)17(11-18)12-24-26(33)31(27(34)38-24)14-25(32)30-20-6-8-22-23(13-20)36-10-9-35-22/h1-8,11-13H,9-10,14-15H2,(H,30,32)/b24-12-. The van der Waals surface area contributed by atoms with E-state index in [2.05, 4.69) is 21.2 Å². The number of hydrogen-bond donors (Lipinski definition) is 1. The number of thioether (sulfide) groups is 1. The quantitative estimate of drug-likeness (QED) is 0.353. The Morgan fingerprint density at radius 2 is 1.82 bits per heavy atom. The molecule has 0 unspecified atom stereocenters. The van der Waals surface area contributed by atoms with Gasteiger partial charge in [0.05, 0.1) is 4.91 Å². The van der Waals surface area contributed by atoms with Crippen LogP contribution in [0.1, 0.15) is 11.1 Å². The van der Waals surface area contributed by atoms with E-state index in [9.17, 15) is 18.8 Å². The predicted molar refractivity (Wildman–Crippen MR) is 144 cm³/mol. The van der Waals surface area contributed by atoms with Crippen molar-refractivity contribution in [3.8, 4) is 17.2 Å². The average Bonchev–Trinajstić information content (AvgIpc) is 3.16. The van der Waals surface area contributed by atoms with Crippen LogP contribution in [0.25, 0.3) is 6.08 Å². The van der Waals surface area contributed by atoms with E-state index in [0.717, 1.165) is 26.7 Å². The number of amides is 3. The van der Waals surface area contributed by atoms with Crippen molar-refractivity contribution in [1.82, 2.24) is 4.90 Å². The molecule has 0 bridgehead atoms. The minimum atomic E-state index is -0.582. The first-order chi connectivity index (χ1) is 18.4. The lowest BCUT2D eigenvalue weighted by atomic mass is 10.1. The highest BCUT2D eigenvalue weighted by Crippen LogP contribution is 2.36. The molecule has 0 spiro atoms. The summed E-state index contributed by atoms with van der Waals surface area (Å²) >= 11 is 4.15. The first-order valence-corrected chi connectivity index (χ1v) is 13.1. The van der Waals surface area contributed by atoms with Crippen LogP contribution in [0, 0.1) is 5.82 Å². The number of imide groups is 1. The summed E-state index contributed by atoms with van der Waals surface area (Å²) in [6.45, 7) is 0.602. The Kier molecular flexibility index (Phi) is 7.66. The minimum Gasteiger partial charge on any atom is -0.488 e. The second-order valence-electron chi connectivity index (χ2n) is 8.27. The molecule has 2 aliphatic heterocycles. The zero-order valence-electron chi connectivity index (χ0n) is 19.7. The maximum absolute atomic E-state index is 13.2. The summed E-state index contributed by atoms with van der Waals surface area (Å²) in [5.41, 5.74) is 1.79. The molecule has 5 rings (SSSR count). The van der Waals surface area contributed by atoms with Crippen molar-refractivity contribution in [2.24, 2.45) is 0 Å². The third kappa shape index (κ3) is 6.00. The maximum atomic E-state index is 13.2. The number of hydrogen-bond acceptors (Lipinski definition) is 7. The number of benzene rings is 3. The number of anilines is 1. The molecule has 2 aliphatic rings. The van der Waals surface area contributed by atoms with Gasteiger partial charge in [0.2, 0.25) is 5.91 Å². The topological polar surface area (TPSA) is 94.2 Å². The molecule has 3 amide bonds. The van der Waals surface area contributed by atoms with E-state index in [4.69, 9.17) is 14.2 Å². The van der Waals surface area contributed by atoms with Gasteiger partial charge in [-0.15, -0.1) is 0 Å². The fourth-order valence-corrected chi connectivity index (χ4v) is 4.96. The van der Waals surface area contributed by atoms with Crippen LogP contribution in [-0.2, 0) is 16.2 Å². The van der Waals surface area contributed by atoms with Gasteiger partial charge in [-0.1, -0.05) is 28.1 Å². The van der Waals surface area contributed by atoms with E-state index in [1.165, 1.54) is 12.1 Å². The van der Waals surface area contributed by atoms with E-state index >= 15 is 0 Å². The van der Waals surface area contributed by atoms with Gasteiger partial charge in [0.15, 0.2) is 11.5 Å². The Morgan fingerprint density at radius 3 is 2.61 bits per heavy atom. The van der Waals surface area contributed by atoms with Crippen LogP contribution in [0.2, 0.25) is 0 Å². The Bertz CT molecular complexity index is 1450. The summed E-state index contributed by atoms with van der Waals surface area (Å²) in [4.78, 5) is 39.3. The van der Waals surface area contributed by atoms with E-state index in [1.54, 1.807) is 54.6 Å². The lowest BCUT2D eigenvalue weighted by molar-refractivity contribution is -0.127. The van der Waals surface area contributed by atoms with Crippen molar-refractivity contribution in [2.75, 3.05) is 25.1 Å². The van der Waals surface area contributed by atoms with Gasteiger partial charge in [-0.2, -0.15) is 0 Å². The summed E-state index contributed by atoms with van der Waals surface area (Å²) in [7, 11) is 0. The largest absolute Gasteiger partial charge is 0.488 e. The number of carbonyl (C=O) groups excluding carboxylic acids is 3. The Labute approximate surface area is 229 Å². The third-order valence-corrected chi connectivity index (χ3v) is 6.97. The highest BCUT2D eigenvalue weighted by molar-refractivity contribution is 9.10. The van der Waals surface area contributed by atoms with Gasteiger partial charge in [0.25, 0.3) is 11.1 Å². The van der Waals surface area contributed by atoms with E-state index in [-0.39, 0.29) is 17.3 Å². The number of nitrogens with zero attached hydrogens (tertiary/aromatic N) is 1. The maximum Gasteiger partial charge on any atom is 0.294 e. The Morgan fingerprint density at radius 1 is 1.05 bits per heavy atom. The van der Waals surface area contributed by atoms with E-state index in [0.29, 0.717) is 41.7 Å². The number of halogens is 2. The molecule has 1 saturated heterocycles. The molecule has 0 atom stereocenters. The van der Waals surface area contributed by atoms with Crippen LogP contribution in [0.15, 0.2) is 70.0 Å². The molecule has 11 heteroatoms. The van der Waals surface area contributed by atoms with E-state index in [1.807, 2.05) is 0 Å². The highest BCUT2D eigenvalue weighted by atomic mass is 79.9. The number of nitrogens with one attached hydrogen (secondary N) is 1. The molecule has 0 saturated carbocycles. The first kappa shape index (κ1) is 25.8. The SMILES string of the molecule is O=C(CN1C(=O)S/C(=C\c2cc(Br)ccc2OCc2ccc(F)cc2)C1=O)Nc1ccc2c(c1)OCCO2. The van der Waals surface area contributed by atoms with Crippen LogP contribution in [0.4, 0.5) is 14.9 Å². The zero-order valence-corrected chi connectivity index (χ0v) is 22.1. The Balaban J connectivity index is 1.27. The first-order valence-electron chi connectivity index (χ1n) is 11.5. The van der Waals surface area contributed by atoms with Gasteiger partial charge in [-0.05, 0) is 65.9 Å².